The number of aliphatic hydroxyl groups excluding tert-OH is 1. The molecule has 13 heavy (non-hydrogen) atoms. The van der Waals surface area contributed by atoms with Gasteiger partial charge in [-0.2, -0.15) is 0 Å². The lowest BCUT2D eigenvalue weighted by Crippen LogP contribution is -2.31. The van der Waals surface area contributed by atoms with Gasteiger partial charge in [0.25, 0.3) is 0 Å². The highest BCUT2D eigenvalue weighted by molar-refractivity contribution is 5.73. The summed E-state index contributed by atoms with van der Waals surface area (Å²) in [7, 11) is 0. The quantitative estimate of drug-likeness (QED) is 0.588. The van der Waals surface area contributed by atoms with Crippen LogP contribution in [-0.2, 0) is 4.79 Å². The van der Waals surface area contributed by atoms with E-state index in [9.17, 15) is 14.3 Å². The first-order valence-corrected chi connectivity index (χ1v) is 4.67. The first kappa shape index (κ1) is 8.94. The van der Waals surface area contributed by atoms with Gasteiger partial charge in [0, 0.05) is 25.9 Å². The maximum absolute atomic E-state index is 13.0. The zero-order valence-electron chi connectivity index (χ0n) is 7.61. The van der Waals surface area contributed by atoms with Crippen LogP contribution in [0.2, 0.25) is 0 Å². The van der Waals surface area contributed by atoms with Crippen LogP contribution < -0.4 is 0 Å². The third kappa shape index (κ3) is 1.33. The number of alkyl halides is 1. The van der Waals surface area contributed by atoms with Gasteiger partial charge in [-0.25, -0.2) is 4.39 Å². The topological polar surface area (TPSA) is 40.5 Å². The van der Waals surface area contributed by atoms with Crippen molar-refractivity contribution in [3.05, 3.63) is 0 Å². The standard InChI is InChI=1S/C9H14FNO2/c1-5(12)11-3-6-2-8(10)9(13)7(6)4-11/h6-9,13H,2-4H2,1H3/t6-,7+,8-,9+/m0/s1. The van der Waals surface area contributed by atoms with Crippen molar-refractivity contribution in [2.24, 2.45) is 11.8 Å². The second-order valence-corrected chi connectivity index (χ2v) is 4.09. The lowest BCUT2D eigenvalue weighted by Gasteiger charge is -2.17. The van der Waals surface area contributed by atoms with Crippen molar-refractivity contribution in [2.75, 3.05) is 13.1 Å². The molecule has 0 aromatic heterocycles. The van der Waals surface area contributed by atoms with Gasteiger partial charge in [-0.1, -0.05) is 0 Å². The van der Waals surface area contributed by atoms with E-state index in [1.165, 1.54) is 6.92 Å². The molecule has 1 saturated carbocycles. The summed E-state index contributed by atoms with van der Waals surface area (Å²) in [6.45, 7) is 2.67. The molecule has 2 aliphatic rings. The maximum atomic E-state index is 13.0. The van der Waals surface area contributed by atoms with Crippen molar-refractivity contribution < 1.29 is 14.3 Å². The molecule has 0 spiro atoms. The van der Waals surface area contributed by atoms with E-state index in [1.807, 2.05) is 0 Å². The van der Waals surface area contributed by atoms with Crippen molar-refractivity contribution in [3.63, 3.8) is 0 Å². The molecule has 4 heteroatoms. The Morgan fingerprint density at radius 2 is 2.23 bits per heavy atom. The number of nitrogens with zero attached hydrogens (tertiary/aromatic N) is 1. The van der Waals surface area contributed by atoms with Gasteiger partial charge in [-0.3, -0.25) is 4.79 Å². The Labute approximate surface area is 76.5 Å². The molecule has 2 rings (SSSR count). The molecule has 2 fully saturated rings. The summed E-state index contributed by atoms with van der Waals surface area (Å²) in [6, 6.07) is 0. The normalized spacial score (nSPS) is 43.8. The lowest BCUT2D eigenvalue weighted by molar-refractivity contribution is -0.128. The Kier molecular flexibility index (Phi) is 2.02. The first-order chi connectivity index (χ1) is 6.09. The fourth-order valence-electron chi connectivity index (χ4n) is 2.49. The van der Waals surface area contributed by atoms with Crippen molar-refractivity contribution in [1.82, 2.24) is 4.90 Å². The van der Waals surface area contributed by atoms with E-state index in [1.54, 1.807) is 4.90 Å². The monoisotopic (exact) mass is 187 g/mol. The highest BCUT2D eigenvalue weighted by Crippen LogP contribution is 2.39. The van der Waals surface area contributed by atoms with Crippen LogP contribution in [-0.4, -0.2) is 41.3 Å². The summed E-state index contributed by atoms with van der Waals surface area (Å²) in [6.07, 6.45) is -1.52. The van der Waals surface area contributed by atoms with E-state index in [4.69, 9.17) is 0 Å². The summed E-state index contributed by atoms with van der Waals surface area (Å²) in [4.78, 5) is 12.7. The van der Waals surface area contributed by atoms with Gasteiger partial charge in [0.15, 0.2) is 0 Å². The average Bonchev–Trinajstić information content (AvgIpc) is 2.55. The van der Waals surface area contributed by atoms with Crippen molar-refractivity contribution in [2.45, 2.75) is 25.6 Å². The fraction of sp³-hybridized carbons (Fsp3) is 0.889. The zero-order chi connectivity index (χ0) is 9.59. The predicted molar refractivity (Wildman–Crippen MR) is 44.8 cm³/mol. The lowest BCUT2D eigenvalue weighted by atomic mass is 9.99. The van der Waals surface area contributed by atoms with E-state index in [0.717, 1.165) is 0 Å². The SMILES string of the molecule is CC(=O)N1C[C@@H]2C[C@H](F)[C@H](O)[C@@H]2C1. The Morgan fingerprint density at radius 1 is 1.54 bits per heavy atom. The molecule has 1 N–H and O–H groups in total. The minimum absolute atomic E-state index is 0.0250. The molecule has 1 saturated heterocycles. The van der Waals surface area contributed by atoms with E-state index < -0.39 is 12.3 Å². The number of rotatable bonds is 0. The van der Waals surface area contributed by atoms with Crippen molar-refractivity contribution in [3.8, 4) is 0 Å². The number of likely N-dealkylation sites (tertiary alicyclic amines) is 1. The molecule has 74 valence electrons. The Bertz CT molecular complexity index is 234. The molecule has 1 aliphatic carbocycles. The van der Waals surface area contributed by atoms with Crippen LogP contribution in [0.3, 0.4) is 0 Å². The maximum Gasteiger partial charge on any atom is 0.219 e. The number of fused-ring (bicyclic) bond motifs is 1. The van der Waals surface area contributed by atoms with Crippen molar-refractivity contribution in [1.29, 1.82) is 0 Å². The minimum Gasteiger partial charge on any atom is -0.390 e. The van der Waals surface area contributed by atoms with Crippen LogP contribution in [0.1, 0.15) is 13.3 Å². The van der Waals surface area contributed by atoms with Gasteiger partial charge in [-0.15, -0.1) is 0 Å². The third-order valence-corrected chi connectivity index (χ3v) is 3.27. The highest BCUT2D eigenvalue weighted by Gasteiger charge is 2.48. The Hall–Kier alpha value is -0.640. The zero-order valence-corrected chi connectivity index (χ0v) is 7.61. The molecule has 3 nitrogen and oxygen atoms in total. The average molecular weight is 187 g/mol. The molecular weight excluding hydrogens is 173 g/mol. The fourth-order valence-corrected chi connectivity index (χ4v) is 2.49. The molecule has 0 radical (unpaired) electrons. The molecule has 0 bridgehead atoms. The summed E-state index contributed by atoms with van der Waals surface area (Å²) in [5, 5.41) is 9.45. The summed E-state index contributed by atoms with van der Waals surface area (Å²) in [5.74, 6) is 0.171. The van der Waals surface area contributed by atoms with Crippen LogP contribution in [0.5, 0.6) is 0 Å². The van der Waals surface area contributed by atoms with Gasteiger partial charge in [0.1, 0.15) is 6.17 Å². The largest absolute Gasteiger partial charge is 0.390 e. The second-order valence-electron chi connectivity index (χ2n) is 4.09. The Morgan fingerprint density at radius 3 is 2.77 bits per heavy atom. The third-order valence-electron chi connectivity index (χ3n) is 3.27. The van der Waals surface area contributed by atoms with E-state index >= 15 is 0 Å². The van der Waals surface area contributed by atoms with Crippen LogP contribution >= 0.6 is 0 Å². The van der Waals surface area contributed by atoms with Crippen LogP contribution in [0.25, 0.3) is 0 Å². The van der Waals surface area contributed by atoms with E-state index in [0.29, 0.717) is 19.5 Å². The highest BCUT2D eigenvalue weighted by atomic mass is 19.1. The van der Waals surface area contributed by atoms with Crippen molar-refractivity contribution >= 4 is 5.91 Å². The number of carbonyl (C=O) groups excluding carboxylic acids is 1. The van der Waals surface area contributed by atoms with Crippen LogP contribution in [0.4, 0.5) is 4.39 Å². The molecule has 1 heterocycles. The van der Waals surface area contributed by atoms with Gasteiger partial charge in [-0.05, 0) is 12.3 Å². The van der Waals surface area contributed by atoms with Gasteiger partial charge < -0.3 is 10.0 Å². The van der Waals surface area contributed by atoms with E-state index in [-0.39, 0.29) is 17.7 Å². The molecule has 1 aliphatic heterocycles. The number of aliphatic hydroxyl groups is 1. The number of halogens is 1. The Balaban J connectivity index is 2.04. The molecule has 0 unspecified atom stereocenters. The van der Waals surface area contributed by atoms with Gasteiger partial charge >= 0.3 is 0 Å². The first-order valence-electron chi connectivity index (χ1n) is 4.67. The molecule has 1 amide bonds. The minimum atomic E-state index is -1.08. The second kappa shape index (κ2) is 2.94. The molecule has 0 aromatic rings. The summed E-state index contributed by atoms with van der Waals surface area (Å²) >= 11 is 0. The molecule has 4 atom stereocenters. The molecular formula is C9H14FNO2. The van der Waals surface area contributed by atoms with Gasteiger partial charge in [0.2, 0.25) is 5.91 Å². The summed E-state index contributed by atoms with van der Waals surface area (Å²) < 4.78 is 13.0. The van der Waals surface area contributed by atoms with Crippen LogP contribution in [0.15, 0.2) is 0 Å². The van der Waals surface area contributed by atoms with Gasteiger partial charge in [0.05, 0.1) is 6.10 Å². The van der Waals surface area contributed by atoms with Crippen LogP contribution in [0, 0.1) is 11.8 Å². The predicted octanol–water partition coefficient (Wildman–Crippen LogP) is 0.184. The number of hydrogen-bond acceptors (Lipinski definition) is 2. The smallest absolute Gasteiger partial charge is 0.219 e. The number of hydrogen-bond donors (Lipinski definition) is 1. The van der Waals surface area contributed by atoms with E-state index in [2.05, 4.69) is 0 Å². The number of amides is 1. The number of carbonyl (C=O) groups is 1. The molecule has 0 aromatic carbocycles. The summed E-state index contributed by atoms with van der Waals surface area (Å²) in [5.41, 5.74) is 0.